The van der Waals surface area contributed by atoms with Crippen molar-refractivity contribution in [3.05, 3.63) is 29.3 Å². The van der Waals surface area contributed by atoms with Crippen molar-refractivity contribution in [1.29, 1.82) is 0 Å². The van der Waals surface area contributed by atoms with Crippen molar-refractivity contribution in [2.45, 2.75) is 59.7 Å². The van der Waals surface area contributed by atoms with E-state index >= 15 is 0 Å². The minimum absolute atomic E-state index is 0.147. The first kappa shape index (κ1) is 23.9. The number of amides is 2. The van der Waals surface area contributed by atoms with E-state index in [1.807, 2.05) is 59.7 Å². The van der Waals surface area contributed by atoms with Crippen LogP contribution < -0.4 is 4.90 Å². The van der Waals surface area contributed by atoms with E-state index in [1.165, 1.54) is 7.11 Å². The van der Waals surface area contributed by atoms with Crippen LogP contribution in [0, 0.1) is 5.41 Å². The molecule has 0 radical (unpaired) electrons. The molecule has 2 aliphatic heterocycles. The number of ether oxygens (including phenoxy) is 2. The number of esters is 1. The minimum atomic E-state index is -0.659. The molecule has 1 fully saturated rings. The lowest BCUT2D eigenvalue weighted by Gasteiger charge is -2.37. The fraction of sp³-hybridized carbons (Fsp3) is 0.625. The Hall–Kier alpha value is -2.77. The lowest BCUT2D eigenvalue weighted by Crippen LogP contribution is -2.50. The highest BCUT2D eigenvalue weighted by molar-refractivity contribution is 6.01. The third-order valence-electron chi connectivity index (χ3n) is 5.77. The molecular weight excluding hydrogens is 410 g/mol. The van der Waals surface area contributed by atoms with E-state index in [0.29, 0.717) is 38.3 Å². The summed E-state index contributed by atoms with van der Waals surface area (Å²) in [6.45, 7) is 14.3. The standard InChI is InChI=1S/C24H35N3O5/c1-23(2,3)19(21(29)31-7)27-15-16-14-17(8-9-18(16)20(27)28)25-10-12-26(13-11-25)22(30)32-24(4,5)6/h8-9,14,19H,10-13,15H2,1-7H3/t19-/m1/s1. The highest BCUT2D eigenvalue weighted by Gasteiger charge is 2.43. The smallest absolute Gasteiger partial charge is 0.410 e. The van der Waals surface area contributed by atoms with E-state index in [2.05, 4.69) is 4.90 Å². The van der Waals surface area contributed by atoms with Gasteiger partial charge in [-0.1, -0.05) is 20.8 Å². The van der Waals surface area contributed by atoms with E-state index in [9.17, 15) is 14.4 Å². The number of anilines is 1. The number of fused-ring (bicyclic) bond motifs is 1. The number of nitrogens with zero attached hydrogens (tertiary/aromatic N) is 3. The fourth-order valence-electron chi connectivity index (χ4n) is 4.27. The molecular formula is C24H35N3O5. The number of piperazine rings is 1. The predicted molar refractivity (Wildman–Crippen MR) is 122 cm³/mol. The van der Waals surface area contributed by atoms with Crippen molar-refractivity contribution >= 4 is 23.7 Å². The summed E-state index contributed by atoms with van der Waals surface area (Å²) in [5.41, 5.74) is 1.57. The molecule has 1 saturated heterocycles. The van der Waals surface area contributed by atoms with Gasteiger partial charge in [0.1, 0.15) is 11.6 Å². The van der Waals surface area contributed by atoms with Crippen molar-refractivity contribution in [3.8, 4) is 0 Å². The lowest BCUT2D eigenvalue weighted by atomic mass is 9.85. The van der Waals surface area contributed by atoms with E-state index < -0.39 is 23.0 Å². The van der Waals surface area contributed by atoms with Crippen molar-refractivity contribution in [2.75, 3.05) is 38.2 Å². The van der Waals surface area contributed by atoms with Gasteiger partial charge in [-0.25, -0.2) is 9.59 Å². The van der Waals surface area contributed by atoms with E-state index in [1.54, 1.807) is 9.80 Å². The summed E-state index contributed by atoms with van der Waals surface area (Å²) in [6.07, 6.45) is -0.289. The van der Waals surface area contributed by atoms with E-state index in [0.717, 1.165) is 11.3 Å². The molecule has 0 saturated carbocycles. The van der Waals surface area contributed by atoms with E-state index in [4.69, 9.17) is 9.47 Å². The largest absolute Gasteiger partial charge is 0.467 e. The van der Waals surface area contributed by atoms with Crippen LogP contribution in [0.15, 0.2) is 18.2 Å². The Morgan fingerprint density at radius 2 is 1.62 bits per heavy atom. The molecule has 32 heavy (non-hydrogen) atoms. The molecule has 1 aromatic rings. The zero-order valence-corrected chi connectivity index (χ0v) is 20.2. The van der Waals surface area contributed by atoms with Gasteiger partial charge in [-0.05, 0) is 49.9 Å². The first-order valence-corrected chi connectivity index (χ1v) is 11.1. The topological polar surface area (TPSA) is 79.4 Å². The number of methoxy groups -OCH3 is 1. The second-order valence-corrected chi connectivity index (χ2v) is 10.5. The van der Waals surface area contributed by atoms with Crippen molar-refractivity contribution in [2.24, 2.45) is 5.41 Å². The molecule has 2 amide bonds. The van der Waals surface area contributed by atoms with Gasteiger partial charge in [0.25, 0.3) is 5.91 Å². The number of hydrogen-bond donors (Lipinski definition) is 0. The molecule has 0 bridgehead atoms. The highest BCUT2D eigenvalue weighted by atomic mass is 16.6. The number of benzene rings is 1. The van der Waals surface area contributed by atoms with Crippen LogP contribution in [0.4, 0.5) is 10.5 Å². The van der Waals surface area contributed by atoms with Gasteiger partial charge in [-0.15, -0.1) is 0 Å². The Balaban J connectivity index is 1.71. The normalized spacial score (nSPS) is 17.8. The SMILES string of the molecule is COC(=O)[C@@H](N1Cc2cc(N3CCN(C(=O)OC(C)(C)C)CC3)ccc2C1=O)C(C)(C)C. The molecule has 0 N–H and O–H groups in total. The van der Waals surface area contributed by atoms with Gasteiger partial charge in [0.2, 0.25) is 0 Å². The second kappa shape index (κ2) is 8.64. The van der Waals surface area contributed by atoms with Crippen LogP contribution in [-0.4, -0.2) is 72.7 Å². The van der Waals surface area contributed by atoms with Crippen LogP contribution >= 0.6 is 0 Å². The van der Waals surface area contributed by atoms with E-state index in [-0.39, 0.29) is 12.0 Å². The lowest BCUT2D eigenvalue weighted by molar-refractivity contribution is -0.150. The van der Waals surface area contributed by atoms with Gasteiger partial charge >= 0.3 is 12.1 Å². The Morgan fingerprint density at radius 3 is 2.16 bits per heavy atom. The Bertz CT molecular complexity index is 892. The average Bonchev–Trinajstić information content (AvgIpc) is 3.01. The van der Waals surface area contributed by atoms with Crippen molar-refractivity contribution in [1.82, 2.24) is 9.80 Å². The molecule has 8 heteroatoms. The maximum Gasteiger partial charge on any atom is 0.410 e. The summed E-state index contributed by atoms with van der Waals surface area (Å²) in [4.78, 5) is 43.4. The summed E-state index contributed by atoms with van der Waals surface area (Å²) in [5.74, 6) is -0.552. The van der Waals surface area contributed by atoms with Gasteiger partial charge in [-0.2, -0.15) is 0 Å². The number of hydrogen-bond acceptors (Lipinski definition) is 6. The van der Waals surface area contributed by atoms with Crippen LogP contribution in [0.25, 0.3) is 0 Å². The van der Waals surface area contributed by atoms with Gasteiger partial charge in [0, 0.05) is 44.0 Å². The van der Waals surface area contributed by atoms with Gasteiger partial charge in [0.05, 0.1) is 7.11 Å². The average molecular weight is 446 g/mol. The quantitative estimate of drug-likeness (QED) is 0.665. The molecule has 3 rings (SSSR count). The molecule has 0 unspecified atom stereocenters. The molecule has 176 valence electrons. The van der Waals surface area contributed by atoms with Gasteiger partial charge < -0.3 is 24.2 Å². The number of carbonyl (C=O) groups excluding carboxylic acids is 3. The van der Waals surface area contributed by atoms with Crippen LogP contribution in [-0.2, 0) is 20.8 Å². The second-order valence-electron chi connectivity index (χ2n) is 10.5. The Labute approximate surface area is 190 Å². The first-order chi connectivity index (χ1) is 14.8. The molecule has 0 aliphatic carbocycles. The monoisotopic (exact) mass is 445 g/mol. The Kier molecular flexibility index (Phi) is 6.45. The van der Waals surface area contributed by atoms with Crippen LogP contribution in [0.3, 0.4) is 0 Å². The third kappa shape index (κ3) is 5.00. The molecule has 8 nitrogen and oxygen atoms in total. The minimum Gasteiger partial charge on any atom is -0.467 e. The molecule has 2 aliphatic rings. The maximum atomic E-state index is 13.1. The zero-order valence-electron chi connectivity index (χ0n) is 20.2. The Morgan fingerprint density at radius 1 is 1.00 bits per heavy atom. The van der Waals surface area contributed by atoms with Crippen molar-refractivity contribution in [3.63, 3.8) is 0 Å². The summed E-state index contributed by atoms with van der Waals surface area (Å²) in [5, 5.41) is 0. The number of rotatable bonds is 3. The predicted octanol–water partition coefficient (Wildman–Crippen LogP) is 3.29. The molecule has 1 aromatic carbocycles. The zero-order chi connectivity index (χ0) is 23.8. The highest BCUT2D eigenvalue weighted by Crippen LogP contribution is 2.34. The van der Waals surface area contributed by atoms with Crippen LogP contribution in [0.5, 0.6) is 0 Å². The molecule has 0 aromatic heterocycles. The molecule has 0 spiro atoms. The fourth-order valence-corrected chi connectivity index (χ4v) is 4.27. The third-order valence-corrected chi connectivity index (χ3v) is 5.77. The van der Waals surface area contributed by atoms with Crippen molar-refractivity contribution < 1.29 is 23.9 Å². The summed E-state index contributed by atoms with van der Waals surface area (Å²) in [7, 11) is 1.35. The van der Waals surface area contributed by atoms with Gasteiger partial charge in [-0.3, -0.25) is 4.79 Å². The van der Waals surface area contributed by atoms with Crippen LogP contribution in [0.1, 0.15) is 57.5 Å². The summed E-state index contributed by atoms with van der Waals surface area (Å²) in [6, 6.07) is 5.14. The summed E-state index contributed by atoms with van der Waals surface area (Å²) >= 11 is 0. The number of carbonyl (C=O) groups is 3. The summed E-state index contributed by atoms with van der Waals surface area (Å²) < 4.78 is 10.5. The maximum absolute atomic E-state index is 13.1. The molecule has 2 heterocycles. The van der Waals surface area contributed by atoms with Gasteiger partial charge in [0.15, 0.2) is 0 Å². The van der Waals surface area contributed by atoms with Crippen LogP contribution in [0.2, 0.25) is 0 Å². The molecule has 1 atom stereocenters. The first-order valence-electron chi connectivity index (χ1n) is 11.1.